The van der Waals surface area contributed by atoms with Crippen LogP contribution in [0.3, 0.4) is 0 Å². The van der Waals surface area contributed by atoms with Gasteiger partial charge in [-0.25, -0.2) is 4.79 Å². The molecular formula is C17H16O3. The molecule has 1 heterocycles. The van der Waals surface area contributed by atoms with E-state index in [1.165, 1.54) is 16.7 Å². The maximum absolute atomic E-state index is 11.0. The van der Waals surface area contributed by atoms with Gasteiger partial charge < -0.3 is 9.47 Å². The Morgan fingerprint density at radius 1 is 1.10 bits per heavy atom. The summed E-state index contributed by atoms with van der Waals surface area (Å²) in [5, 5.41) is 0. The van der Waals surface area contributed by atoms with E-state index in [0.717, 1.165) is 11.3 Å². The molecule has 1 fully saturated rings. The largest absolute Gasteiger partial charge is 0.489 e. The quantitative estimate of drug-likeness (QED) is 0.797. The van der Waals surface area contributed by atoms with E-state index in [4.69, 9.17) is 9.47 Å². The lowest BCUT2D eigenvalue weighted by Crippen LogP contribution is -2.00. The van der Waals surface area contributed by atoms with Gasteiger partial charge in [0.1, 0.15) is 12.4 Å². The minimum absolute atomic E-state index is 0.170. The first-order valence-corrected chi connectivity index (χ1v) is 6.63. The molecule has 0 spiro atoms. The van der Waals surface area contributed by atoms with Crippen LogP contribution in [0.4, 0.5) is 0 Å². The number of carbonyl (C=O) groups excluding carboxylic acids is 1. The molecule has 2 aromatic carbocycles. The van der Waals surface area contributed by atoms with Gasteiger partial charge in [-0.3, -0.25) is 0 Å². The number of aryl methyl sites for hydroxylation is 2. The number of ether oxygens (including phenoxy) is 2. The maximum Gasteiger partial charge on any atom is 0.353 e. The predicted molar refractivity (Wildman–Crippen MR) is 75.5 cm³/mol. The van der Waals surface area contributed by atoms with Crippen molar-refractivity contribution in [2.24, 2.45) is 0 Å². The number of cyclic esters (lactones) is 1. The number of rotatable bonds is 4. The van der Waals surface area contributed by atoms with Crippen molar-refractivity contribution in [3.63, 3.8) is 0 Å². The van der Waals surface area contributed by atoms with E-state index in [1.54, 1.807) is 0 Å². The van der Waals surface area contributed by atoms with Gasteiger partial charge in [-0.05, 0) is 42.7 Å². The summed E-state index contributed by atoms with van der Waals surface area (Å²) in [5.74, 6) is 0.588. The molecule has 0 aliphatic carbocycles. The fraction of sp³-hybridized carbons (Fsp3) is 0.235. The smallest absolute Gasteiger partial charge is 0.353 e. The monoisotopic (exact) mass is 268 g/mol. The van der Waals surface area contributed by atoms with Crippen molar-refractivity contribution in [2.45, 2.75) is 26.6 Å². The summed E-state index contributed by atoms with van der Waals surface area (Å²) in [5.41, 5.74) is 4.51. The van der Waals surface area contributed by atoms with E-state index in [9.17, 15) is 4.79 Å². The second-order valence-corrected chi connectivity index (χ2v) is 5.05. The van der Waals surface area contributed by atoms with Crippen molar-refractivity contribution >= 4 is 5.97 Å². The highest BCUT2D eigenvalue weighted by molar-refractivity contribution is 5.88. The summed E-state index contributed by atoms with van der Waals surface area (Å²) in [4.78, 5) is 11.0. The molecule has 3 heteroatoms. The van der Waals surface area contributed by atoms with Gasteiger partial charge in [-0.15, -0.1) is 0 Å². The van der Waals surface area contributed by atoms with Crippen LogP contribution in [0.2, 0.25) is 0 Å². The molecule has 102 valence electrons. The van der Waals surface area contributed by atoms with Crippen LogP contribution in [0.5, 0.6) is 5.75 Å². The Bertz CT molecular complexity index is 641. The van der Waals surface area contributed by atoms with Crippen LogP contribution < -0.4 is 4.74 Å². The van der Waals surface area contributed by atoms with Gasteiger partial charge in [0.05, 0.1) is 0 Å². The Hall–Kier alpha value is -2.29. The van der Waals surface area contributed by atoms with Crippen LogP contribution in [0.15, 0.2) is 42.5 Å². The normalized spacial score (nSPS) is 16.7. The molecule has 20 heavy (non-hydrogen) atoms. The lowest BCUT2D eigenvalue weighted by Gasteiger charge is -2.11. The van der Waals surface area contributed by atoms with Crippen molar-refractivity contribution in [3.8, 4) is 5.75 Å². The van der Waals surface area contributed by atoms with Crippen LogP contribution in [0, 0.1) is 13.8 Å². The zero-order chi connectivity index (χ0) is 14.1. The van der Waals surface area contributed by atoms with Gasteiger partial charge in [0.2, 0.25) is 6.10 Å². The number of hydrogen-bond donors (Lipinski definition) is 0. The SMILES string of the molecule is Cc1cccc(C)c1COc1cccc(C2OC2=O)c1. The van der Waals surface area contributed by atoms with Gasteiger partial charge in [-0.2, -0.15) is 0 Å². The highest BCUT2D eigenvalue weighted by Crippen LogP contribution is 2.33. The van der Waals surface area contributed by atoms with Crippen LogP contribution in [0.1, 0.15) is 28.4 Å². The van der Waals surface area contributed by atoms with Gasteiger partial charge in [0.15, 0.2) is 0 Å². The minimum atomic E-state index is -0.390. The van der Waals surface area contributed by atoms with E-state index < -0.39 is 6.10 Å². The van der Waals surface area contributed by atoms with Gasteiger partial charge in [0, 0.05) is 5.56 Å². The molecule has 0 saturated carbocycles. The second-order valence-electron chi connectivity index (χ2n) is 5.05. The van der Waals surface area contributed by atoms with E-state index in [0.29, 0.717) is 6.61 Å². The van der Waals surface area contributed by atoms with Crippen LogP contribution in [-0.4, -0.2) is 5.97 Å². The first-order chi connectivity index (χ1) is 9.65. The highest BCUT2D eigenvalue weighted by Gasteiger charge is 2.39. The molecular weight excluding hydrogens is 252 g/mol. The third-order valence-electron chi connectivity index (χ3n) is 3.58. The molecule has 1 unspecified atom stereocenters. The van der Waals surface area contributed by atoms with Gasteiger partial charge in [0.25, 0.3) is 0 Å². The molecule has 0 N–H and O–H groups in total. The first-order valence-electron chi connectivity index (χ1n) is 6.63. The maximum atomic E-state index is 11.0. The first kappa shape index (κ1) is 12.7. The van der Waals surface area contributed by atoms with E-state index in [-0.39, 0.29) is 5.97 Å². The summed E-state index contributed by atoms with van der Waals surface area (Å²) in [6, 6.07) is 13.7. The Morgan fingerprint density at radius 2 is 1.75 bits per heavy atom. The number of hydrogen-bond acceptors (Lipinski definition) is 3. The van der Waals surface area contributed by atoms with Crippen LogP contribution in [-0.2, 0) is 16.1 Å². The van der Waals surface area contributed by atoms with Crippen molar-refractivity contribution in [3.05, 3.63) is 64.7 Å². The fourth-order valence-electron chi connectivity index (χ4n) is 2.29. The summed E-state index contributed by atoms with van der Waals surface area (Å²) < 4.78 is 10.7. The molecule has 0 amide bonds. The topological polar surface area (TPSA) is 38.8 Å². The molecule has 3 nitrogen and oxygen atoms in total. The summed E-state index contributed by atoms with van der Waals surface area (Å²) >= 11 is 0. The highest BCUT2D eigenvalue weighted by atomic mass is 16.6. The molecule has 1 atom stereocenters. The number of carbonyl (C=O) groups is 1. The van der Waals surface area contributed by atoms with E-state index >= 15 is 0 Å². The lowest BCUT2D eigenvalue weighted by molar-refractivity contribution is -0.117. The number of benzene rings is 2. The summed E-state index contributed by atoms with van der Waals surface area (Å²) in [6.07, 6.45) is -0.390. The summed E-state index contributed by atoms with van der Waals surface area (Å²) in [6.45, 7) is 4.69. The zero-order valence-electron chi connectivity index (χ0n) is 11.6. The minimum Gasteiger partial charge on any atom is -0.489 e. The zero-order valence-corrected chi connectivity index (χ0v) is 11.6. The number of epoxide rings is 1. The molecule has 0 bridgehead atoms. The van der Waals surface area contributed by atoms with Crippen molar-refractivity contribution < 1.29 is 14.3 Å². The van der Waals surface area contributed by atoms with E-state index in [2.05, 4.69) is 26.0 Å². The third-order valence-corrected chi connectivity index (χ3v) is 3.58. The van der Waals surface area contributed by atoms with Crippen molar-refractivity contribution in [1.82, 2.24) is 0 Å². The Kier molecular flexibility index (Phi) is 3.18. The Balaban J connectivity index is 1.74. The summed E-state index contributed by atoms with van der Waals surface area (Å²) in [7, 11) is 0. The molecule has 3 rings (SSSR count). The lowest BCUT2D eigenvalue weighted by atomic mass is 10.0. The molecule has 0 aromatic heterocycles. The molecule has 1 aliphatic rings. The van der Waals surface area contributed by atoms with Crippen LogP contribution in [0.25, 0.3) is 0 Å². The molecule has 0 radical (unpaired) electrons. The Labute approximate surface area is 118 Å². The molecule has 2 aromatic rings. The molecule has 1 aliphatic heterocycles. The standard InChI is InChI=1S/C17H16O3/c1-11-5-3-6-12(2)15(11)10-19-14-8-4-7-13(9-14)16-17(18)20-16/h3-9,16H,10H2,1-2H3. The van der Waals surface area contributed by atoms with E-state index in [1.807, 2.05) is 30.3 Å². The molecule has 1 saturated heterocycles. The van der Waals surface area contributed by atoms with Gasteiger partial charge in [-0.1, -0.05) is 30.3 Å². The van der Waals surface area contributed by atoms with Gasteiger partial charge >= 0.3 is 5.97 Å². The van der Waals surface area contributed by atoms with Crippen molar-refractivity contribution in [1.29, 1.82) is 0 Å². The fourth-order valence-corrected chi connectivity index (χ4v) is 2.29. The van der Waals surface area contributed by atoms with Crippen LogP contribution >= 0.6 is 0 Å². The predicted octanol–water partition coefficient (Wildman–Crippen LogP) is 3.48. The Morgan fingerprint density at radius 3 is 2.40 bits per heavy atom. The van der Waals surface area contributed by atoms with Crippen molar-refractivity contribution in [2.75, 3.05) is 0 Å². The second kappa shape index (κ2) is 5.00. The third kappa shape index (κ3) is 2.52. The average molecular weight is 268 g/mol. The average Bonchev–Trinajstić information content (AvgIpc) is 3.16.